The van der Waals surface area contributed by atoms with E-state index in [1.807, 2.05) is 6.07 Å². The van der Waals surface area contributed by atoms with Crippen molar-refractivity contribution in [2.75, 3.05) is 58.0 Å². The molecule has 6 heteroatoms. The Morgan fingerprint density at radius 2 is 1.56 bits per heavy atom. The lowest BCUT2D eigenvalue weighted by atomic mass is 10.3. The molecule has 2 aliphatic heterocycles. The van der Waals surface area contributed by atoms with E-state index >= 15 is 0 Å². The van der Waals surface area contributed by atoms with Crippen LogP contribution in [-0.4, -0.2) is 63.3 Å². The van der Waals surface area contributed by atoms with Gasteiger partial charge in [0.1, 0.15) is 31.9 Å². The third kappa shape index (κ3) is 4.86. The fourth-order valence-corrected chi connectivity index (χ4v) is 3.69. The van der Waals surface area contributed by atoms with Crippen molar-refractivity contribution in [2.24, 2.45) is 0 Å². The van der Waals surface area contributed by atoms with Crippen LogP contribution >= 0.6 is 0 Å². The zero-order valence-electron chi connectivity index (χ0n) is 15.8. The van der Waals surface area contributed by atoms with E-state index in [0.717, 1.165) is 57.8 Å². The predicted octanol–water partition coefficient (Wildman–Crippen LogP) is -0.883. The molecule has 142 valence electrons. The highest BCUT2D eigenvalue weighted by molar-refractivity contribution is 5.90. The number of guanidine groups is 1. The summed E-state index contributed by atoms with van der Waals surface area (Å²) in [6.07, 6.45) is 0. The lowest BCUT2D eigenvalue weighted by Gasteiger charge is -2.28. The second-order valence-corrected chi connectivity index (χ2v) is 7.23. The van der Waals surface area contributed by atoms with Crippen molar-refractivity contribution in [1.29, 1.82) is 0 Å². The van der Waals surface area contributed by atoms with Gasteiger partial charge < -0.3 is 9.64 Å². The van der Waals surface area contributed by atoms with Gasteiger partial charge in [-0.1, -0.05) is 36.4 Å². The summed E-state index contributed by atoms with van der Waals surface area (Å²) in [5.74, 6) is 1.05. The summed E-state index contributed by atoms with van der Waals surface area (Å²) in [6.45, 7) is 8.31. The van der Waals surface area contributed by atoms with E-state index in [2.05, 4.69) is 69.8 Å². The number of rotatable bonds is 5. The Labute approximate surface area is 161 Å². The average Bonchev–Trinajstić information content (AvgIpc) is 2.75. The number of hydrogen-bond donors (Lipinski definition) is 4. The molecule has 2 aliphatic rings. The molecule has 2 aromatic rings. The predicted molar refractivity (Wildman–Crippen MR) is 107 cm³/mol. The number of nitrogens with one attached hydrogen (secondary N) is 4. The first-order valence-electron chi connectivity index (χ1n) is 9.89. The molecule has 2 heterocycles. The highest BCUT2D eigenvalue weighted by Crippen LogP contribution is 2.11. The van der Waals surface area contributed by atoms with Gasteiger partial charge in [-0.05, 0) is 24.3 Å². The number of quaternary nitrogens is 2. The van der Waals surface area contributed by atoms with Crippen molar-refractivity contribution in [1.82, 2.24) is 5.32 Å². The number of morpholine rings is 1. The van der Waals surface area contributed by atoms with Crippen molar-refractivity contribution in [3.63, 3.8) is 0 Å². The van der Waals surface area contributed by atoms with E-state index in [-0.39, 0.29) is 0 Å². The first-order valence-corrected chi connectivity index (χ1v) is 9.89. The third-order valence-corrected chi connectivity index (χ3v) is 5.29. The summed E-state index contributed by atoms with van der Waals surface area (Å²) in [5.41, 5.74) is 2.31. The number of para-hydroxylation sites is 2. The summed E-state index contributed by atoms with van der Waals surface area (Å²) >= 11 is 0. The van der Waals surface area contributed by atoms with Gasteiger partial charge in [0.05, 0.1) is 18.9 Å². The molecule has 1 saturated heterocycles. The summed E-state index contributed by atoms with van der Waals surface area (Å²) < 4.78 is 7.82. The third-order valence-electron chi connectivity index (χ3n) is 5.29. The number of hydrogen-bond acceptors (Lipinski definition) is 3. The van der Waals surface area contributed by atoms with Crippen molar-refractivity contribution >= 4 is 17.3 Å². The highest BCUT2D eigenvalue weighted by atomic mass is 16.5. The minimum atomic E-state index is 0.901. The van der Waals surface area contributed by atoms with Gasteiger partial charge in [0.15, 0.2) is 6.67 Å². The maximum absolute atomic E-state index is 5.48. The van der Waals surface area contributed by atoms with Crippen molar-refractivity contribution in [3.8, 4) is 0 Å². The maximum Gasteiger partial charge on any atom is 0.364 e. The Hall–Kier alpha value is -2.41. The number of nitrogens with zero attached hydrogens (tertiary/aromatic N) is 1. The van der Waals surface area contributed by atoms with E-state index in [1.54, 1.807) is 9.80 Å². The van der Waals surface area contributed by atoms with E-state index in [9.17, 15) is 0 Å². The molecule has 0 aromatic heterocycles. The summed E-state index contributed by atoms with van der Waals surface area (Å²) in [4.78, 5) is 3.22. The molecule has 0 spiro atoms. The Morgan fingerprint density at radius 3 is 2.30 bits per heavy atom. The quantitative estimate of drug-likeness (QED) is 0.518. The molecule has 0 saturated carbocycles. The molecule has 1 fully saturated rings. The minimum absolute atomic E-state index is 0.901. The topological polar surface area (TPSA) is 45.2 Å². The van der Waals surface area contributed by atoms with Crippen LogP contribution in [0.5, 0.6) is 0 Å². The molecule has 6 nitrogen and oxygen atoms in total. The van der Waals surface area contributed by atoms with Crippen LogP contribution < -0.4 is 20.4 Å². The second-order valence-electron chi connectivity index (χ2n) is 7.23. The van der Waals surface area contributed by atoms with Crippen molar-refractivity contribution < 1.29 is 19.1 Å². The smallest absolute Gasteiger partial charge is 0.364 e. The van der Waals surface area contributed by atoms with Crippen LogP contribution in [0.25, 0.3) is 0 Å². The Morgan fingerprint density at radius 1 is 0.889 bits per heavy atom. The van der Waals surface area contributed by atoms with Crippen LogP contribution in [0.15, 0.2) is 60.7 Å². The zero-order chi connectivity index (χ0) is 18.3. The van der Waals surface area contributed by atoms with Crippen LogP contribution in [0.2, 0.25) is 0 Å². The Balaban J connectivity index is 1.47. The van der Waals surface area contributed by atoms with Crippen molar-refractivity contribution in [2.45, 2.75) is 0 Å². The zero-order valence-corrected chi connectivity index (χ0v) is 15.8. The summed E-state index contributed by atoms with van der Waals surface area (Å²) in [5, 5.41) is 7.17. The number of anilines is 1. The lowest BCUT2D eigenvalue weighted by molar-refractivity contribution is -1.00. The fourth-order valence-electron chi connectivity index (χ4n) is 3.69. The van der Waals surface area contributed by atoms with Crippen LogP contribution in [-0.2, 0) is 4.74 Å². The molecule has 0 bridgehead atoms. The van der Waals surface area contributed by atoms with Crippen LogP contribution in [0, 0.1) is 0 Å². The van der Waals surface area contributed by atoms with Gasteiger partial charge in [-0.3, -0.25) is 4.90 Å². The van der Waals surface area contributed by atoms with E-state index in [1.165, 1.54) is 12.2 Å². The monoisotopic (exact) mass is 368 g/mol. The van der Waals surface area contributed by atoms with Gasteiger partial charge in [-0.2, -0.15) is 4.58 Å². The largest absolute Gasteiger partial charge is 0.370 e. The molecular weight excluding hydrogens is 338 g/mol. The molecule has 2 aromatic carbocycles. The van der Waals surface area contributed by atoms with Crippen LogP contribution in [0.3, 0.4) is 0 Å². The molecule has 4 N–H and O–H groups in total. The normalized spacial score (nSPS) is 21.0. The molecule has 1 unspecified atom stereocenters. The van der Waals surface area contributed by atoms with Gasteiger partial charge in [0.2, 0.25) is 6.67 Å². The fraction of sp³-hybridized carbons (Fsp3) is 0.381. The molecule has 0 aliphatic carbocycles. The Kier molecular flexibility index (Phi) is 5.99. The van der Waals surface area contributed by atoms with Crippen LogP contribution in [0.1, 0.15) is 0 Å². The summed E-state index contributed by atoms with van der Waals surface area (Å²) in [7, 11) is 0. The van der Waals surface area contributed by atoms with Gasteiger partial charge >= 0.3 is 5.96 Å². The highest BCUT2D eigenvalue weighted by Gasteiger charge is 2.28. The molecular formula is C21H30N5O+3. The number of ether oxygens (including phenoxy) is 1. The molecule has 0 radical (unpaired) electrons. The molecule has 1 atom stereocenters. The van der Waals surface area contributed by atoms with E-state index in [0.29, 0.717) is 0 Å². The first kappa shape index (κ1) is 18.0. The minimum Gasteiger partial charge on any atom is -0.370 e. The van der Waals surface area contributed by atoms with Gasteiger partial charge in [-0.25, -0.2) is 10.6 Å². The summed E-state index contributed by atoms with van der Waals surface area (Å²) in [6, 6.07) is 21.0. The van der Waals surface area contributed by atoms with E-state index < -0.39 is 0 Å². The lowest BCUT2D eigenvalue weighted by Crippen LogP contribution is -3.23. The molecule has 27 heavy (non-hydrogen) atoms. The van der Waals surface area contributed by atoms with Gasteiger partial charge in [-0.15, -0.1) is 0 Å². The van der Waals surface area contributed by atoms with Gasteiger partial charge in [0.25, 0.3) is 0 Å². The standard InChI is InChI=1S/C21H27N5O/c1-3-7-19(8-4-1)23-21-22-17-25(12-11-24-13-15-27-16-14-24)18-26(21)20-9-5-2-6-10-20/h1-10H,11-18H2,(H,22,23)/p+3. The number of benzene rings is 2. The first-order chi connectivity index (χ1) is 13.4. The molecule has 4 rings (SSSR count). The SMILES string of the molecule is c1ccc(NC2=[N+](c3ccccc3)C[NH+](CC[NH+]3CCOCC3)CN2)cc1. The van der Waals surface area contributed by atoms with Crippen LogP contribution in [0.4, 0.5) is 11.4 Å². The van der Waals surface area contributed by atoms with Gasteiger partial charge in [0, 0.05) is 0 Å². The maximum atomic E-state index is 5.48. The second kappa shape index (κ2) is 8.99. The average molecular weight is 369 g/mol. The molecule has 0 amide bonds. The van der Waals surface area contributed by atoms with Crippen molar-refractivity contribution in [3.05, 3.63) is 60.7 Å². The Bertz CT molecular complexity index is 744. The van der Waals surface area contributed by atoms with E-state index in [4.69, 9.17) is 4.74 Å².